The van der Waals surface area contributed by atoms with Crippen LogP contribution in [0.3, 0.4) is 0 Å². The fourth-order valence-electron chi connectivity index (χ4n) is 3.69. The minimum Gasteiger partial charge on any atom is -0.508 e. The number of hydrogen-bond acceptors (Lipinski definition) is 6. The topological polar surface area (TPSA) is 111 Å². The van der Waals surface area contributed by atoms with E-state index in [1.54, 1.807) is 17.1 Å². The zero-order chi connectivity index (χ0) is 22.8. The Hall–Kier alpha value is -3.26. The molecule has 0 aliphatic carbocycles. The largest absolute Gasteiger partial charge is 0.508 e. The molecule has 2 aliphatic heterocycles. The molecule has 0 atom stereocenters. The minimum atomic E-state index is -0.441. The molecule has 1 aromatic carbocycles. The molecule has 0 spiro atoms. The van der Waals surface area contributed by atoms with Gasteiger partial charge >= 0.3 is 0 Å². The fourth-order valence-corrected chi connectivity index (χ4v) is 3.69. The number of likely N-dealkylation sites (tertiary alicyclic amines) is 1. The van der Waals surface area contributed by atoms with Crippen LogP contribution in [0.1, 0.15) is 54.4 Å². The standard InChI is InChI=1S/C24H31N3O5/c28-20-15-18-14-19(26-32-17-22(30)27-12-8-5-9-13-27)10-6-3-1-2-4-7-11-25-24(31)23(18)21(29)16-20/h2,4,6,10,14-16,26,28-29H,1,3,5,7-9,11-13,17H2,(H,25,31)/b4-2?,10-6?,19-14-. The number of rotatable bonds is 4. The summed E-state index contributed by atoms with van der Waals surface area (Å²) in [5.74, 6) is -1.01. The van der Waals surface area contributed by atoms with Crippen molar-refractivity contribution in [3.05, 3.63) is 53.3 Å². The second-order valence-corrected chi connectivity index (χ2v) is 7.86. The molecule has 0 radical (unpaired) electrons. The molecule has 8 nitrogen and oxygen atoms in total. The number of nitrogens with zero attached hydrogens (tertiary/aromatic N) is 1. The summed E-state index contributed by atoms with van der Waals surface area (Å²) in [6.45, 7) is 1.81. The van der Waals surface area contributed by atoms with Crippen molar-refractivity contribution in [1.29, 1.82) is 0 Å². The number of hydroxylamine groups is 1. The second-order valence-electron chi connectivity index (χ2n) is 7.86. The summed E-state index contributed by atoms with van der Waals surface area (Å²) in [5, 5.41) is 23.0. The Labute approximate surface area is 188 Å². The summed E-state index contributed by atoms with van der Waals surface area (Å²) < 4.78 is 0. The van der Waals surface area contributed by atoms with Gasteiger partial charge in [0.05, 0.1) is 11.3 Å². The van der Waals surface area contributed by atoms with Gasteiger partial charge in [0.15, 0.2) is 6.61 Å². The third-order valence-corrected chi connectivity index (χ3v) is 5.33. The maximum atomic E-state index is 12.7. The van der Waals surface area contributed by atoms with Crippen LogP contribution >= 0.6 is 0 Å². The van der Waals surface area contributed by atoms with Gasteiger partial charge in [-0.25, -0.2) is 0 Å². The first-order valence-corrected chi connectivity index (χ1v) is 11.1. The van der Waals surface area contributed by atoms with E-state index in [0.29, 0.717) is 24.2 Å². The summed E-state index contributed by atoms with van der Waals surface area (Å²) in [6, 6.07) is 2.53. The van der Waals surface area contributed by atoms with E-state index in [-0.39, 0.29) is 29.6 Å². The predicted octanol–water partition coefficient (Wildman–Crippen LogP) is 3.00. The number of allylic oxidation sites excluding steroid dienone is 3. The molecule has 2 heterocycles. The van der Waals surface area contributed by atoms with Crippen molar-refractivity contribution in [2.45, 2.75) is 38.5 Å². The second kappa shape index (κ2) is 12.0. The molecular formula is C24H31N3O5. The molecule has 2 amide bonds. The summed E-state index contributed by atoms with van der Waals surface area (Å²) in [4.78, 5) is 32.3. The Balaban J connectivity index is 1.80. The number of phenols is 2. The van der Waals surface area contributed by atoms with Crippen molar-refractivity contribution in [3.63, 3.8) is 0 Å². The first-order chi connectivity index (χ1) is 15.5. The lowest BCUT2D eigenvalue weighted by atomic mass is 10.0. The fraction of sp³-hybridized carbons (Fsp3) is 0.417. The highest BCUT2D eigenvalue weighted by Crippen LogP contribution is 2.29. The lowest BCUT2D eigenvalue weighted by molar-refractivity contribution is -0.139. The third kappa shape index (κ3) is 6.88. The Morgan fingerprint density at radius 2 is 1.81 bits per heavy atom. The number of nitrogens with one attached hydrogen (secondary N) is 2. The number of carbonyl (C=O) groups excluding carboxylic acids is 2. The first-order valence-electron chi connectivity index (χ1n) is 11.1. The van der Waals surface area contributed by atoms with Crippen LogP contribution in [-0.4, -0.2) is 53.2 Å². The molecule has 0 aromatic heterocycles. The number of amides is 2. The predicted molar refractivity (Wildman–Crippen MR) is 122 cm³/mol. The number of fused-ring (bicyclic) bond motifs is 1. The highest BCUT2D eigenvalue weighted by molar-refractivity contribution is 6.00. The van der Waals surface area contributed by atoms with Crippen LogP contribution in [-0.2, 0) is 9.63 Å². The summed E-state index contributed by atoms with van der Waals surface area (Å²) in [5.41, 5.74) is 3.64. The van der Waals surface area contributed by atoms with Crippen molar-refractivity contribution in [1.82, 2.24) is 15.7 Å². The van der Waals surface area contributed by atoms with Gasteiger partial charge in [-0.15, -0.1) is 0 Å². The summed E-state index contributed by atoms with van der Waals surface area (Å²) >= 11 is 0. The third-order valence-electron chi connectivity index (χ3n) is 5.33. The van der Waals surface area contributed by atoms with E-state index in [0.717, 1.165) is 51.3 Å². The maximum Gasteiger partial charge on any atom is 0.255 e. The molecule has 8 heteroatoms. The zero-order valence-corrected chi connectivity index (χ0v) is 18.2. The number of aromatic hydroxyl groups is 2. The van der Waals surface area contributed by atoms with E-state index < -0.39 is 5.91 Å². The molecule has 172 valence electrons. The molecule has 0 unspecified atom stereocenters. The van der Waals surface area contributed by atoms with Gasteiger partial charge in [0.2, 0.25) is 0 Å². The van der Waals surface area contributed by atoms with Gasteiger partial charge in [-0.3, -0.25) is 19.9 Å². The number of carbonyl (C=O) groups is 2. The van der Waals surface area contributed by atoms with E-state index in [2.05, 4.69) is 16.9 Å². The van der Waals surface area contributed by atoms with Crippen molar-refractivity contribution in [2.75, 3.05) is 26.2 Å². The van der Waals surface area contributed by atoms with E-state index in [1.165, 1.54) is 6.07 Å². The van der Waals surface area contributed by atoms with E-state index in [9.17, 15) is 19.8 Å². The van der Waals surface area contributed by atoms with Gasteiger partial charge in [-0.05, 0) is 62.3 Å². The van der Waals surface area contributed by atoms with Crippen LogP contribution in [0.25, 0.3) is 6.08 Å². The summed E-state index contributed by atoms with van der Waals surface area (Å²) in [7, 11) is 0. The van der Waals surface area contributed by atoms with Crippen LogP contribution in [0, 0.1) is 0 Å². The molecule has 0 bridgehead atoms. The zero-order valence-electron chi connectivity index (χ0n) is 18.2. The lowest BCUT2D eigenvalue weighted by Gasteiger charge is -2.26. The quantitative estimate of drug-likeness (QED) is 0.422. The van der Waals surface area contributed by atoms with E-state index in [1.807, 2.05) is 12.2 Å². The Morgan fingerprint density at radius 1 is 1.06 bits per heavy atom. The van der Waals surface area contributed by atoms with Crippen molar-refractivity contribution < 1.29 is 24.6 Å². The van der Waals surface area contributed by atoms with Gasteiger partial charge in [-0.1, -0.05) is 18.2 Å². The molecule has 1 fully saturated rings. The minimum absolute atomic E-state index is 0.0564. The van der Waals surface area contributed by atoms with E-state index >= 15 is 0 Å². The first kappa shape index (κ1) is 23.4. The SMILES string of the molecule is O=C1NCCC=CCCC=C/C(NOCC(=O)N2CCCCC2)=C/c2cc(O)cc(O)c21. The summed E-state index contributed by atoms with van der Waals surface area (Å²) in [6.07, 6.45) is 14.9. The molecule has 0 saturated carbocycles. The van der Waals surface area contributed by atoms with Crippen LogP contribution in [0.5, 0.6) is 11.5 Å². The average molecular weight is 442 g/mol. The molecule has 1 saturated heterocycles. The Bertz CT molecular complexity index is 901. The van der Waals surface area contributed by atoms with Gasteiger partial charge < -0.3 is 20.4 Å². The van der Waals surface area contributed by atoms with Crippen molar-refractivity contribution in [3.8, 4) is 11.5 Å². The molecule has 3 rings (SSSR count). The Kier molecular flexibility index (Phi) is 8.74. The van der Waals surface area contributed by atoms with E-state index in [4.69, 9.17) is 4.84 Å². The van der Waals surface area contributed by atoms with Gasteiger partial charge in [-0.2, -0.15) is 0 Å². The number of benzene rings is 1. The smallest absolute Gasteiger partial charge is 0.255 e. The maximum absolute atomic E-state index is 12.7. The van der Waals surface area contributed by atoms with Crippen molar-refractivity contribution >= 4 is 17.9 Å². The number of piperidine rings is 1. The monoisotopic (exact) mass is 441 g/mol. The lowest BCUT2D eigenvalue weighted by Crippen LogP contribution is -2.39. The molecule has 32 heavy (non-hydrogen) atoms. The average Bonchev–Trinajstić information content (AvgIpc) is 2.77. The molecule has 4 N–H and O–H groups in total. The van der Waals surface area contributed by atoms with Gasteiger partial charge in [0, 0.05) is 25.7 Å². The van der Waals surface area contributed by atoms with Crippen LogP contribution < -0.4 is 10.8 Å². The highest BCUT2D eigenvalue weighted by Gasteiger charge is 2.18. The Morgan fingerprint density at radius 3 is 2.62 bits per heavy atom. The van der Waals surface area contributed by atoms with Crippen LogP contribution in [0.15, 0.2) is 42.1 Å². The van der Waals surface area contributed by atoms with Crippen molar-refractivity contribution in [2.24, 2.45) is 0 Å². The van der Waals surface area contributed by atoms with Gasteiger partial charge in [0.1, 0.15) is 11.5 Å². The van der Waals surface area contributed by atoms with Gasteiger partial charge in [0.25, 0.3) is 11.8 Å². The molecule has 1 aromatic rings. The number of hydrogen-bond donors (Lipinski definition) is 4. The number of phenolic OH excluding ortho intramolecular Hbond substituents is 2. The normalized spacial score (nSPS) is 19.3. The van der Waals surface area contributed by atoms with Crippen LogP contribution in [0.4, 0.5) is 0 Å². The highest BCUT2D eigenvalue weighted by atomic mass is 16.6. The molecular weight excluding hydrogens is 410 g/mol. The molecule has 2 aliphatic rings. The van der Waals surface area contributed by atoms with Crippen LogP contribution in [0.2, 0.25) is 0 Å².